The van der Waals surface area contributed by atoms with Crippen molar-refractivity contribution >= 4 is 23.8 Å². The summed E-state index contributed by atoms with van der Waals surface area (Å²) in [6, 6.07) is 10.1. The van der Waals surface area contributed by atoms with Crippen LogP contribution >= 0.6 is 23.8 Å². The van der Waals surface area contributed by atoms with Crippen molar-refractivity contribution in [2.45, 2.75) is 135 Å². The summed E-state index contributed by atoms with van der Waals surface area (Å²) in [5.74, 6) is 0.212. The maximum atomic E-state index is 11.3. The average molecular weight is 606 g/mol. The third kappa shape index (κ3) is 22.3. The van der Waals surface area contributed by atoms with Gasteiger partial charge >= 0.3 is 7.82 Å². The van der Waals surface area contributed by atoms with E-state index in [4.69, 9.17) is 9.26 Å². The minimum Gasteiger partial charge on any atom is -0.376 e. The average Bonchev–Trinajstić information content (AvgIpc) is 2.87. The van der Waals surface area contributed by atoms with E-state index >= 15 is 0 Å². The minimum atomic E-state index is -4.50. The fourth-order valence-electron chi connectivity index (χ4n) is 4.87. The Bertz CT molecular complexity index is 669. The molecule has 7 heteroatoms. The third-order valence-corrected chi connectivity index (χ3v) is 8.28. The smallest absolute Gasteiger partial charge is 0.376 e. The molecule has 0 fully saturated rings. The van der Waals surface area contributed by atoms with Gasteiger partial charge in [0.1, 0.15) is 0 Å². The molecule has 1 aromatic rings. The van der Waals surface area contributed by atoms with Gasteiger partial charge in [-0.05, 0) is 24.3 Å². The maximum Gasteiger partial charge on any atom is 0.469 e. The number of ether oxygens (including phenoxy) is 1. The fourth-order valence-corrected chi connectivity index (χ4v) is 6.02. The summed E-state index contributed by atoms with van der Waals surface area (Å²) in [4.78, 5) is 18.4. The highest BCUT2D eigenvalue weighted by Gasteiger charge is 2.24. The number of benzene rings is 1. The van der Waals surface area contributed by atoms with Crippen LogP contribution in [0.2, 0.25) is 0 Å². The summed E-state index contributed by atoms with van der Waals surface area (Å²) in [6.45, 7) is 3.40. The lowest BCUT2D eigenvalue weighted by atomic mass is 9.95. The first kappa shape index (κ1) is 34.8. The Morgan fingerprint density at radius 3 is 1.73 bits per heavy atom. The first-order valence-electron chi connectivity index (χ1n) is 14.9. The molecule has 0 aliphatic heterocycles. The van der Waals surface area contributed by atoms with Gasteiger partial charge < -0.3 is 14.5 Å². The SMILES string of the molecule is CCCCCCCCCCCCCCCCCCC(COCc1ccccc1)CC(CBr)OP(=O)(O)O. The number of phosphoric ester groups is 1. The van der Waals surface area contributed by atoms with Crippen LogP contribution in [-0.4, -0.2) is 27.8 Å². The molecule has 37 heavy (non-hydrogen) atoms. The van der Waals surface area contributed by atoms with E-state index in [1.54, 1.807) is 0 Å². The highest BCUT2D eigenvalue weighted by molar-refractivity contribution is 9.09. The van der Waals surface area contributed by atoms with Crippen LogP contribution in [0.25, 0.3) is 0 Å². The molecule has 2 unspecified atom stereocenters. The van der Waals surface area contributed by atoms with E-state index in [0.717, 1.165) is 18.4 Å². The Labute approximate surface area is 235 Å². The highest BCUT2D eigenvalue weighted by Crippen LogP contribution is 2.39. The zero-order chi connectivity index (χ0) is 27.0. The van der Waals surface area contributed by atoms with Crippen molar-refractivity contribution in [2.24, 2.45) is 5.92 Å². The molecule has 0 heterocycles. The van der Waals surface area contributed by atoms with Gasteiger partial charge in [0, 0.05) is 11.9 Å². The van der Waals surface area contributed by atoms with Gasteiger partial charge in [0.15, 0.2) is 0 Å². The number of phosphoric acid groups is 1. The molecule has 0 amide bonds. The molecule has 1 aromatic carbocycles. The van der Waals surface area contributed by atoms with Gasteiger partial charge in [0.05, 0.1) is 12.7 Å². The molecule has 0 bridgehead atoms. The van der Waals surface area contributed by atoms with Crippen molar-refractivity contribution in [2.75, 3.05) is 11.9 Å². The minimum absolute atomic E-state index is 0.212. The molecule has 216 valence electrons. The first-order valence-corrected chi connectivity index (χ1v) is 17.5. The lowest BCUT2D eigenvalue weighted by molar-refractivity contribution is 0.0577. The Balaban J connectivity index is 2.15. The van der Waals surface area contributed by atoms with E-state index in [-0.39, 0.29) is 5.92 Å². The second kappa shape index (κ2) is 23.6. The van der Waals surface area contributed by atoms with E-state index in [1.165, 1.54) is 96.3 Å². The summed E-state index contributed by atoms with van der Waals surface area (Å²) < 4.78 is 22.3. The quantitative estimate of drug-likeness (QED) is 0.0625. The molecule has 0 aliphatic carbocycles. The van der Waals surface area contributed by atoms with Crippen LogP contribution in [0.5, 0.6) is 0 Å². The lowest BCUT2D eigenvalue weighted by Crippen LogP contribution is -2.21. The third-order valence-electron chi connectivity index (χ3n) is 6.99. The van der Waals surface area contributed by atoms with E-state index in [1.807, 2.05) is 30.3 Å². The first-order chi connectivity index (χ1) is 17.9. The van der Waals surface area contributed by atoms with Crippen molar-refractivity contribution in [3.63, 3.8) is 0 Å². The fraction of sp³-hybridized carbons (Fsp3) is 0.800. The summed E-state index contributed by atoms with van der Waals surface area (Å²) in [5, 5.41) is 0.395. The number of halogens is 1. The van der Waals surface area contributed by atoms with Gasteiger partial charge in [-0.1, -0.05) is 156 Å². The van der Waals surface area contributed by atoms with Crippen LogP contribution in [0.3, 0.4) is 0 Å². The van der Waals surface area contributed by atoms with E-state index in [2.05, 4.69) is 22.9 Å². The van der Waals surface area contributed by atoms with Gasteiger partial charge in [0.25, 0.3) is 0 Å². The molecule has 0 aromatic heterocycles. The van der Waals surface area contributed by atoms with Crippen LogP contribution < -0.4 is 0 Å². The number of hydrogen-bond acceptors (Lipinski definition) is 3. The van der Waals surface area contributed by atoms with E-state index in [0.29, 0.717) is 25.0 Å². The summed E-state index contributed by atoms with van der Waals surface area (Å²) in [7, 11) is -4.50. The van der Waals surface area contributed by atoms with Crippen LogP contribution in [0.1, 0.15) is 128 Å². The van der Waals surface area contributed by atoms with Gasteiger partial charge in [-0.2, -0.15) is 0 Å². The normalized spacial score (nSPS) is 13.6. The topological polar surface area (TPSA) is 76.0 Å². The largest absolute Gasteiger partial charge is 0.469 e. The van der Waals surface area contributed by atoms with Crippen LogP contribution in [0.15, 0.2) is 30.3 Å². The van der Waals surface area contributed by atoms with Crippen molar-refractivity contribution in [1.82, 2.24) is 0 Å². The number of hydrogen-bond donors (Lipinski definition) is 2. The van der Waals surface area contributed by atoms with Crippen LogP contribution in [0.4, 0.5) is 0 Å². The molecule has 2 atom stereocenters. The van der Waals surface area contributed by atoms with Crippen molar-refractivity contribution in [3.05, 3.63) is 35.9 Å². The van der Waals surface area contributed by atoms with E-state index < -0.39 is 13.9 Å². The summed E-state index contributed by atoms with van der Waals surface area (Å²) in [6.07, 6.45) is 22.6. The molecule has 0 aliphatic rings. The second-order valence-electron chi connectivity index (χ2n) is 10.6. The molecule has 5 nitrogen and oxygen atoms in total. The predicted molar refractivity (Wildman–Crippen MR) is 159 cm³/mol. The van der Waals surface area contributed by atoms with Crippen LogP contribution in [-0.2, 0) is 20.4 Å². The maximum absolute atomic E-state index is 11.3. The van der Waals surface area contributed by atoms with E-state index in [9.17, 15) is 14.4 Å². The molecular formula is C30H54BrO5P. The zero-order valence-electron chi connectivity index (χ0n) is 23.3. The van der Waals surface area contributed by atoms with Gasteiger partial charge in [-0.25, -0.2) is 4.57 Å². The Hall–Kier alpha value is -0.230. The van der Waals surface area contributed by atoms with Crippen molar-refractivity contribution in [1.29, 1.82) is 0 Å². The van der Waals surface area contributed by atoms with Gasteiger partial charge in [0.2, 0.25) is 0 Å². The molecule has 2 N–H and O–H groups in total. The molecule has 0 saturated heterocycles. The number of alkyl halides is 1. The standard InChI is InChI=1S/C30H54BrO5P/c1-2-3-4-5-6-7-8-9-10-11-12-13-14-15-16-18-23-29(24-30(25-31)36-37(32,33)34)27-35-26-28-21-19-17-20-22-28/h17,19-22,29-30H,2-16,18,23-27H2,1H3,(H2,32,33,34). The van der Waals surface area contributed by atoms with Gasteiger partial charge in [-0.15, -0.1) is 0 Å². The molecule has 1 rings (SSSR count). The Morgan fingerprint density at radius 1 is 0.784 bits per heavy atom. The Kier molecular flexibility index (Phi) is 22.2. The monoisotopic (exact) mass is 604 g/mol. The molecule has 0 saturated carbocycles. The predicted octanol–water partition coefficient (Wildman–Crippen LogP) is 9.73. The van der Waals surface area contributed by atoms with Crippen molar-refractivity contribution in [3.8, 4) is 0 Å². The van der Waals surface area contributed by atoms with Gasteiger partial charge in [-0.3, -0.25) is 4.52 Å². The van der Waals surface area contributed by atoms with Crippen LogP contribution in [0, 0.1) is 5.92 Å². The zero-order valence-corrected chi connectivity index (χ0v) is 25.8. The second-order valence-corrected chi connectivity index (χ2v) is 12.4. The number of rotatable bonds is 26. The molecule has 0 radical (unpaired) electrons. The molecular weight excluding hydrogens is 551 g/mol. The van der Waals surface area contributed by atoms with Crippen molar-refractivity contribution < 1.29 is 23.6 Å². The Morgan fingerprint density at radius 2 is 1.27 bits per heavy atom. The highest BCUT2D eigenvalue weighted by atomic mass is 79.9. The number of unbranched alkanes of at least 4 members (excludes halogenated alkanes) is 15. The summed E-state index contributed by atoms with van der Waals surface area (Å²) in [5.41, 5.74) is 1.13. The lowest BCUT2D eigenvalue weighted by Gasteiger charge is -2.23. The molecule has 0 spiro atoms. The summed E-state index contributed by atoms with van der Waals surface area (Å²) >= 11 is 3.34.